The molecule has 4 nitrogen and oxygen atoms in total. The van der Waals surface area contributed by atoms with Crippen LogP contribution in [0.2, 0.25) is 0 Å². The number of ketones is 1. The van der Waals surface area contributed by atoms with Crippen molar-refractivity contribution >= 4 is 39.6 Å². The molecule has 106 valence electrons. The largest absolute Gasteiger partial charge is 0.299 e. The smallest absolute Gasteiger partial charge is 0.140 e. The Hall–Kier alpha value is -1.79. The van der Waals surface area contributed by atoms with Gasteiger partial charge >= 0.3 is 0 Å². The highest BCUT2D eigenvalue weighted by Gasteiger charge is 2.17. The van der Waals surface area contributed by atoms with Gasteiger partial charge in [-0.05, 0) is 31.2 Å². The fourth-order valence-corrected chi connectivity index (χ4v) is 3.54. The van der Waals surface area contributed by atoms with Crippen LogP contribution in [0.3, 0.4) is 0 Å². The average Bonchev–Trinajstić information content (AvgIpc) is 3.15. The van der Waals surface area contributed by atoms with Gasteiger partial charge in [-0.15, -0.1) is 28.2 Å². The third-order valence-corrected chi connectivity index (χ3v) is 5.12. The summed E-state index contributed by atoms with van der Waals surface area (Å²) in [5.41, 5.74) is 1.94. The number of thioether (sulfide) groups is 1. The normalized spacial score (nSPS) is 14.0. The lowest BCUT2D eigenvalue weighted by Gasteiger charge is -1.98. The number of aromatic nitrogens is 1. The Balaban J connectivity index is 1.68. The van der Waals surface area contributed by atoms with Crippen molar-refractivity contribution in [2.24, 2.45) is 10.2 Å². The number of hydrogen-bond acceptors (Lipinski definition) is 6. The summed E-state index contributed by atoms with van der Waals surface area (Å²) < 4.78 is 0. The van der Waals surface area contributed by atoms with E-state index >= 15 is 0 Å². The van der Waals surface area contributed by atoms with Crippen molar-refractivity contribution in [1.82, 2.24) is 4.98 Å². The van der Waals surface area contributed by atoms with Crippen molar-refractivity contribution in [3.8, 4) is 10.6 Å². The number of nitrogens with zero attached hydrogens (tertiary/aromatic N) is 3. The first-order chi connectivity index (χ1) is 10.2. The molecule has 0 saturated heterocycles. The van der Waals surface area contributed by atoms with Gasteiger partial charge in [-0.2, -0.15) is 5.10 Å². The van der Waals surface area contributed by atoms with Gasteiger partial charge in [0.15, 0.2) is 0 Å². The Morgan fingerprint density at radius 2 is 2.10 bits per heavy atom. The van der Waals surface area contributed by atoms with E-state index in [0.29, 0.717) is 12.2 Å². The van der Waals surface area contributed by atoms with Gasteiger partial charge in [-0.3, -0.25) is 9.78 Å². The first-order valence-electron chi connectivity index (χ1n) is 6.49. The molecular formula is C15H13N3OS2. The number of rotatable bonds is 4. The highest BCUT2D eigenvalue weighted by Crippen LogP contribution is 2.29. The number of thiophene rings is 1. The summed E-state index contributed by atoms with van der Waals surface area (Å²) in [6.45, 7) is 1.59. The summed E-state index contributed by atoms with van der Waals surface area (Å²) >= 11 is 3.14. The number of hydrogen-bond donors (Lipinski definition) is 0. The maximum absolute atomic E-state index is 11.0. The van der Waals surface area contributed by atoms with E-state index in [9.17, 15) is 4.79 Å². The van der Waals surface area contributed by atoms with Gasteiger partial charge in [0.05, 0.1) is 26.9 Å². The Labute approximate surface area is 131 Å². The maximum atomic E-state index is 11.0. The van der Waals surface area contributed by atoms with Crippen LogP contribution in [0.25, 0.3) is 10.6 Å². The van der Waals surface area contributed by atoms with E-state index in [4.69, 9.17) is 0 Å². The third-order valence-electron chi connectivity index (χ3n) is 2.85. The molecule has 3 rings (SSSR count). The molecule has 0 fully saturated rings. The predicted octanol–water partition coefficient (Wildman–Crippen LogP) is 3.64. The van der Waals surface area contributed by atoms with Gasteiger partial charge in [0.1, 0.15) is 10.8 Å². The summed E-state index contributed by atoms with van der Waals surface area (Å²) in [5.74, 6) is 0.621. The van der Waals surface area contributed by atoms with Crippen molar-refractivity contribution in [1.29, 1.82) is 0 Å². The molecule has 1 aliphatic heterocycles. The van der Waals surface area contributed by atoms with E-state index in [2.05, 4.69) is 27.3 Å². The Morgan fingerprint density at radius 3 is 2.86 bits per heavy atom. The van der Waals surface area contributed by atoms with Crippen LogP contribution in [0.15, 0.2) is 46.7 Å². The first-order valence-corrected chi connectivity index (χ1v) is 8.30. The lowest BCUT2D eigenvalue weighted by molar-refractivity contribution is -0.114. The Bertz CT molecular complexity index is 720. The van der Waals surface area contributed by atoms with Crippen molar-refractivity contribution in [3.63, 3.8) is 0 Å². The first kappa shape index (κ1) is 14.2. The molecule has 3 heterocycles. The van der Waals surface area contributed by atoms with Crippen LogP contribution < -0.4 is 0 Å². The number of carbonyl (C=O) groups excluding carboxylic acids is 1. The number of carbonyl (C=O) groups is 1. The lowest BCUT2D eigenvalue weighted by atomic mass is 10.2. The molecule has 21 heavy (non-hydrogen) atoms. The quantitative estimate of drug-likeness (QED) is 0.865. The van der Waals surface area contributed by atoms with Crippen LogP contribution in [0.1, 0.15) is 18.2 Å². The van der Waals surface area contributed by atoms with Crippen LogP contribution in [0, 0.1) is 0 Å². The average molecular weight is 315 g/mol. The highest BCUT2D eigenvalue weighted by molar-refractivity contribution is 8.14. The molecule has 6 heteroatoms. The molecule has 0 N–H and O–H groups in total. The van der Waals surface area contributed by atoms with E-state index in [-0.39, 0.29) is 5.78 Å². The minimum atomic E-state index is 0.157. The summed E-state index contributed by atoms with van der Waals surface area (Å²) in [5, 5.41) is 9.30. The SMILES string of the molecule is CC(=O)CSC1=NN=C(c2ccc(-c3ccccn3)s2)C1. The lowest BCUT2D eigenvalue weighted by Crippen LogP contribution is -2.02. The Kier molecular flexibility index (Phi) is 4.26. The second kappa shape index (κ2) is 6.32. The minimum Gasteiger partial charge on any atom is -0.299 e. The zero-order valence-corrected chi connectivity index (χ0v) is 13.1. The van der Waals surface area contributed by atoms with E-state index in [1.165, 1.54) is 11.8 Å². The number of Topliss-reactive ketones (excluding diaryl/α,β-unsaturated/α-hetero) is 1. The predicted molar refractivity (Wildman–Crippen MR) is 89.3 cm³/mol. The second-order valence-corrected chi connectivity index (χ2v) is 6.72. The van der Waals surface area contributed by atoms with Crippen molar-refractivity contribution < 1.29 is 4.79 Å². The summed E-state index contributed by atoms with van der Waals surface area (Å²) in [4.78, 5) is 17.6. The van der Waals surface area contributed by atoms with Crippen molar-refractivity contribution in [2.45, 2.75) is 13.3 Å². The highest BCUT2D eigenvalue weighted by atomic mass is 32.2. The van der Waals surface area contributed by atoms with Crippen LogP contribution in [-0.2, 0) is 4.79 Å². The van der Waals surface area contributed by atoms with Crippen LogP contribution in [0.5, 0.6) is 0 Å². The molecule has 0 aliphatic carbocycles. The molecule has 0 atom stereocenters. The molecule has 0 saturated carbocycles. The fraction of sp³-hybridized carbons (Fsp3) is 0.200. The molecular weight excluding hydrogens is 302 g/mol. The monoisotopic (exact) mass is 315 g/mol. The summed E-state index contributed by atoms with van der Waals surface area (Å²) in [6.07, 6.45) is 2.50. The van der Waals surface area contributed by atoms with Crippen LogP contribution in [-0.4, -0.2) is 27.3 Å². The van der Waals surface area contributed by atoms with Gasteiger partial charge in [0.25, 0.3) is 0 Å². The maximum Gasteiger partial charge on any atom is 0.140 e. The van der Waals surface area contributed by atoms with Crippen LogP contribution >= 0.6 is 23.1 Å². The molecule has 0 unspecified atom stereocenters. The van der Waals surface area contributed by atoms with Gasteiger partial charge < -0.3 is 0 Å². The third kappa shape index (κ3) is 3.46. The Morgan fingerprint density at radius 1 is 1.24 bits per heavy atom. The fourth-order valence-electron chi connectivity index (χ4n) is 1.87. The van der Waals surface area contributed by atoms with E-state index in [1.54, 1.807) is 24.5 Å². The topological polar surface area (TPSA) is 54.7 Å². The molecule has 0 aromatic carbocycles. The molecule has 0 bridgehead atoms. The number of pyridine rings is 1. The van der Waals surface area contributed by atoms with Crippen LogP contribution in [0.4, 0.5) is 0 Å². The van der Waals surface area contributed by atoms with E-state index in [1.807, 2.05) is 18.2 Å². The van der Waals surface area contributed by atoms with E-state index < -0.39 is 0 Å². The molecule has 0 radical (unpaired) electrons. The molecule has 0 amide bonds. The molecule has 2 aromatic heterocycles. The van der Waals surface area contributed by atoms with Gasteiger partial charge in [0, 0.05) is 12.6 Å². The molecule has 2 aromatic rings. The van der Waals surface area contributed by atoms with Gasteiger partial charge in [0.2, 0.25) is 0 Å². The standard InChI is InChI=1S/C15H13N3OS2/c1-10(19)9-20-15-8-12(17-18-15)14-6-5-13(21-14)11-4-2-3-7-16-11/h2-7H,8-9H2,1H3. The second-order valence-electron chi connectivity index (χ2n) is 4.59. The summed E-state index contributed by atoms with van der Waals surface area (Å²) in [7, 11) is 0. The molecule has 0 spiro atoms. The van der Waals surface area contributed by atoms with Crippen molar-refractivity contribution in [2.75, 3.05) is 5.75 Å². The zero-order valence-electron chi connectivity index (χ0n) is 11.4. The van der Waals surface area contributed by atoms with Crippen molar-refractivity contribution in [3.05, 3.63) is 41.4 Å². The zero-order chi connectivity index (χ0) is 14.7. The minimum absolute atomic E-state index is 0.157. The molecule has 1 aliphatic rings. The van der Waals surface area contributed by atoms with E-state index in [0.717, 1.165) is 26.2 Å². The van der Waals surface area contributed by atoms with Gasteiger partial charge in [-0.25, -0.2) is 0 Å². The van der Waals surface area contributed by atoms with Gasteiger partial charge in [-0.1, -0.05) is 6.07 Å². The summed E-state index contributed by atoms with van der Waals surface area (Å²) in [6, 6.07) is 10.0.